The van der Waals surface area contributed by atoms with E-state index in [0.29, 0.717) is 13.0 Å². The third kappa shape index (κ3) is 4.08. The second-order valence-electron chi connectivity index (χ2n) is 5.55. The van der Waals surface area contributed by atoms with E-state index in [0.717, 1.165) is 20.9 Å². The van der Waals surface area contributed by atoms with Gasteiger partial charge in [-0.25, -0.2) is 9.37 Å². The zero-order valence-electron chi connectivity index (χ0n) is 13.3. The summed E-state index contributed by atoms with van der Waals surface area (Å²) in [6.45, 7) is 0.779. The molecule has 24 heavy (non-hydrogen) atoms. The van der Waals surface area contributed by atoms with Crippen molar-refractivity contribution in [2.24, 2.45) is 0 Å². The Labute approximate surface area is 143 Å². The first-order valence-electron chi connectivity index (χ1n) is 7.69. The number of benzene rings is 2. The predicted octanol–water partition coefficient (Wildman–Crippen LogP) is 3.23. The number of thiazole rings is 1. The molecule has 0 unspecified atom stereocenters. The van der Waals surface area contributed by atoms with Crippen LogP contribution in [0, 0.1) is 5.82 Å². The van der Waals surface area contributed by atoms with Crippen molar-refractivity contribution < 1.29 is 9.18 Å². The topological polar surface area (TPSA) is 45.2 Å². The normalized spacial score (nSPS) is 10.8. The van der Waals surface area contributed by atoms with Gasteiger partial charge in [-0.2, -0.15) is 0 Å². The summed E-state index contributed by atoms with van der Waals surface area (Å²) in [4.78, 5) is 18.4. The summed E-state index contributed by atoms with van der Waals surface area (Å²) in [5.41, 5.74) is 1.94. The van der Waals surface area contributed by atoms with E-state index >= 15 is 0 Å². The second kappa shape index (κ2) is 7.40. The predicted molar refractivity (Wildman–Crippen MR) is 96.0 cm³/mol. The van der Waals surface area contributed by atoms with E-state index in [1.165, 1.54) is 12.1 Å². The quantitative estimate of drug-likeness (QED) is 0.747. The van der Waals surface area contributed by atoms with Gasteiger partial charge in [-0.3, -0.25) is 4.79 Å². The average Bonchev–Trinajstić information content (AvgIpc) is 3.01. The van der Waals surface area contributed by atoms with Crippen LogP contribution in [0.4, 0.5) is 9.52 Å². The molecule has 1 N–H and O–H groups in total. The molecule has 1 amide bonds. The minimum Gasteiger partial charge on any atom is -0.354 e. The Morgan fingerprint density at radius 3 is 2.71 bits per heavy atom. The SMILES string of the molecule is CN(CC(=O)NCCc1ccc(F)cc1)c1nc2ccccc2s1. The van der Waals surface area contributed by atoms with E-state index in [1.54, 1.807) is 23.5 Å². The molecule has 124 valence electrons. The number of likely N-dealkylation sites (N-methyl/N-ethyl adjacent to an activating group) is 1. The van der Waals surface area contributed by atoms with E-state index in [1.807, 2.05) is 36.2 Å². The molecule has 6 heteroatoms. The van der Waals surface area contributed by atoms with Crippen LogP contribution in [0.3, 0.4) is 0 Å². The molecule has 0 bridgehead atoms. The van der Waals surface area contributed by atoms with Crippen molar-refractivity contribution in [3.8, 4) is 0 Å². The Morgan fingerprint density at radius 1 is 1.21 bits per heavy atom. The fraction of sp³-hybridized carbons (Fsp3) is 0.222. The summed E-state index contributed by atoms with van der Waals surface area (Å²) in [5.74, 6) is -0.306. The third-order valence-electron chi connectivity index (χ3n) is 3.64. The first-order chi connectivity index (χ1) is 11.6. The van der Waals surface area contributed by atoms with Crippen LogP contribution in [0.1, 0.15) is 5.56 Å². The molecule has 3 rings (SSSR count). The molecular formula is C18H18FN3OS. The average molecular weight is 343 g/mol. The number of nitrogens with one attached hydrogen (secondary N) is 1. The molecule has 4 nitrogen and oxygen atoms in total. The number of hydrogen-bond donors (Lipinski definition) is 1. The number of hydrogen-bond acceptors (Lipinski definition) is 4. The zero-order valence-corrected chi connectivity index (χ0v) is 14.1. The van der Waals surface area contributed by atoms with Crippen LogP contribution in [0.2, 0.25) is 0 Å². The smallest absolute Gasteiger partial charge is 0.239 e. The van der Waals surface area contributed by atoms with Crippen molar-refractivity contribution in [3.05, 3.63) is 59.9 Å². The number of anilines is 1. The highest BCUT2D eigenvalue weighted by Crippen LogP contribution is 2.27. The standard InChI is InChI=1S/C18H18FN3OS/c1-22(18-21-15-4-2-3-5-16(15)24-18)12-17(23)20-11-10-13-6-8-14(19)9-7-13/h2-9H,10-12H2,1H3,(H,20,23). The number of nitrogens with zero attached hydrogens (tertiary/aromatic N) is 2. The minimum absolute atomic E-state index is 0.0566. The Kier molecular flexibility index (Phi) is 5.05. The lowest BCUT2D eigenvalue weighted by Gasteiger charge is -2.15. The molecule has 0 aliphatic rings. The lowest BCUT2D eigenvalue weighted by molar-refractivity contribution is -0.119. The maximum absolute atomic E-state index is 12.8. The van der Waals surface area contributed by atoms with E-state index in [4.69, 9.17) is 0 Å². The van der Waals surface area contributed by atoms with Crippen LogP contribution in [0.5, 0.6) is 0 Å². The summed E-state index contributed by atoms with van der Waals surface area (Å²) in [7, 11) is 1.86. The molecule has 0 fully saturated rings. The Hall–Kier alpha value is -2.47. The summed E-state index contributed by atoms with van der Waals surface area (Å²) < 4.78 is 13.9. The zero-order chi connectivity index (χ0) is 16.9. The summed E-state index contributed by atoms with van der Waals surface area (Å²) in [6.07, 6.45) is 0.677. The van der Waals surface area contributed by atoms with Gasteiger partial charge in [-0.1, -0.05) is 35.6 Å². The van der Waals surface area contributed by atoms with E-state index in [2.05, 4.69) is 10.3 Å². The number of amides is 1. The number of rotatable bonds is 6. The number of carbonyl (C=O) groups is 1. The summed E-state index contributed by atoms with van der Waals surface area (Å²) in [5, 5.41) is 3.71. The number of carbonyl (C=O) groups excluding carboxylic acids is 1. The molecule has 0 saturated heterocycles. The maximum Gasteiger partial charge on any atom is 0.239 e. The van der Waals surface area contributed by atoms with E-state index in [9.17, 15) is 9.18 Å². The molecule has 0 aliphatic carbocycles. The van der Waals surface area contributed by atoms with Crippen LogP contribution in [-0.4, -0.2) is 31.0 Å². The van der Waals surface area contributed by atoms with Gasteiger partial charge < -0.3 is 10.2 Å². The first kappa shape index (κ1) is 16.4. The fourth-order valence-electron chi connectivity index (χ4n) is 2.36. The van der Waals surface area contributed by atoms with Gasteiger partial charge in [0.2, 0.25) is 5.91 Å². The van der Waals surface area contributed by atoms with Crippen LogP contribution in [-0.2, 0) is 11.2 Å². The number of aromatic nitrogens is 1. The third-order valence-corrected chi connectivity index (χ3v) is 4.79. The highest BCUT2D eigenvalue weighted by atomic mass is 32.1. The van der Waals surface area contributed by atoms with Crippen LogP contribution in [0.25, 0.3) is 10.2 Å². The highest BCUT2D eigenvalue weighted by molar-refractivity contribution is 7.22. The number of fused-ring (bicyclic) bond motifs is 1. The Balaban J connectivity index is 1.49. The highest BCUT2D eigenvalue weighted by Gasteiger charge is 2.11. The van der Waals surface area contributed by atoms with Gasteiger partial charge in [-0.05, 0) is 36.2 Å². The van der Waals surface area contributed by atoms with Crippen molar-refractivity contribution in [1.29, 1.82) is 0 Å². The molecule has 1 heterocycles. The van der Waals surface area contributed by atoms with Gasteiger partial charge in [0, 0.05) is 13.6 Å². The van der Waals surface area contributed by atoms with Gasteiger partial charge in [0.05, 0.1) is 16.8 Å². The molecule has 0 saturated carbocycles. The molecule has 1 aromatic heterocycles. The molecule has 0 spiro atoms. The maximum atomic E-state index is 12.8. The number of para-hydroxylation sites is 1. The monoisotopic (exact) mass is 343 g/mol. The van der Waals surface area contributed by atoms with Crippen LogP contribution >= 0.6 is 11.3 Å². The van der Waals surface area contributed by atoms with Gasteiger partial charge in [0.15, 0.2) is 5.13 Å². The van der Waals surface area contributed by atoms with E-state index in [-0.39, 0.29) is 18.3 Å². The Morgan fingerprint density at radius 2 is 1.96 bits per heavy atom. The first-order valence-corrected chi connectivity index (χ1v) is 8.51. The Bertz CT molecular complexity index is 799. The van der Waals surface area contributed by atoms with Gasteiger partial charge in [-0.15, -0.1) is 0 Å². The van der Waals surface area contributed by atoms with Crippen LogP contribution < -0.4 is 10.2 Å². The van der Waals surface area contributed by atoms with Crippen LogP contribution in [0.15, 0.2) is 48.5 Å². The van der Waals surface area contributed by atoms with Gasteiger partial charge in [0.1, 0.15) is 5.82 Å². The largest absolute Gasteiger partial charge is 0.354 e. The minimum atomic E-state index is -0.250. The van der Waals surface area contributed by atoms with Crippen molar-refractivity contribution in [3.63, 3.8) is 0 Å². The molecular weight excluding hydrogens is 325 g/mol. The molecule has 0 atom stereocenters. The molecule has 3 aromatic rings. The molecule has 0 aliphatic heterocycles. The molecule has 2 aromatic carbocycles. The fourth-order valence-corrected chi connectivity index (χ4v) is 3.29. The second-order valence-corrected chi connectivity index (χ2v) is 6.56. The van der Waals surface area contributed by atoms with Gasteiger partial charge >= 0.3 is 0 Å². The lowest BCUT2D eigenvalue weighted by Crippen LogP contribution is -2.36. The van der Waals surface area contributed by atoms with Crippen molar-refractivity contribution in [1.82, 2.24) is 10.3 Å². The van der Waals surface area contributed by atoms with Crippen molar-refractivity contribution in [2.45, 2.75) is 6.42 Å². The van der Waals surface area contributed by atoms with Crippen molar-refractivity contribution >= 4 is 32.6 Å². The summed E-state index contributed by atoms with van der Waals surface area (Å²) in [6, 6.07) is 14.2. The number of halogens is 1. The van der Waals surface area contributed by atoms with Gasteiger partial charge in [0.25, 0.3) is 0 Å². The van der Waals surface area contributed by atoms with Crippen molar-refractivity contribution in [2.75, 3.05) is 25.0 Å². The lowest BCUT2D eigenvalue weighted by atomic mass is 10.1. The van der Waals surface area contributed by atoms with E-state index < -0.39 is 0 Å². The summed E-state index contributed by atoms with van der Waals surface area (Å²) >= 11 is 1.57. The molecule has 0 radical (unpaired) electrons.